The van der Waals surface area contributed by atoms with Crippen molar-refractivity contribution < 1.29 is 12.8 Å². The fourth-order valence-electron chi connectivity index (χ4n) is 3.24. The zero-order valence-corrected chi connectivity index (χ0v) is 14.9. The standard InChI is InChI=1S/C18H21N3O3S/c1-13(18-8-15-4-2-3-5-17(15)24-18)19-9-14-10-20-21(11-14)16-6-7-25(22,23)12-16/h2-5,8,10-11,13,16,19H,6-7,9,12H2,1H3/t13-,16-/m1/s1. The number of para-hydroxylation sites is 1. The van der Waals surface area contributed by atoms with Crippen LogP contribution < -0.4 is 5.32 Å². The van der Waals surface area contributed by atoms with Crippen LogP contribution in [0.2, 0.25) is 0 Å². The molecule has 25 heavy (non-hydrogen) atoms. The Balaban J connectivity index is 1.40. The van der Waals surface area contributed by atoms with E-state index in [1.54, 1.807) is 10.9 Å². The van der Waals surface area contributed by atoms with Gasteiger partial charge in [-0.1, -0.05) is 18.2 Å². The molecule has 1 fully saturated rings. The fraction of sp³-hybridized carbons (Fsp3) is 0.389. The Labute approximate surface area is 146 Å². The van der Waals surface area contributed by atoms with Gasteiger partial charge in [0.25, 0.3) is 0 Å². The molecule has 3 aromatic rings. The van der Waals surface area contributed by atoms with Crippen LogP contribution in [0.5, 0.6) is 0 Å². The van der Waals surface area contributed by atoms with Crippen LogP contribution in [0, 0.1) is 0 Å². The molecule has 0 unspecified atom stereocenters. The molecular formula is C18H21N3O3S. The average molecular weight is 359 g/mol. The molecule has 4 rings (SSSR count). The van der Waals surface area contributed by atoms with Gasteiger partial charge in [-0.05, 0) is 25.5 Å². The third-order valence-electron chi connectivity index (χ3n) is 4.72. The molecule has 1 N–H and O–H groups in total. The number of hydrogen-bond donors (Lipinski definition) is 1. The van der Waals surface area contributed by atoms with E-state index in [9.17, 15) is 8.42 Å². The lowest BCUT2D eigenvalue weighted by Crippen LogP contribution is -2.17. The summed E-state index contributed by atoms with van der Waals surface area (Å²) in [6.45, 7) is 2.71. The van der Waals surface area contributed by atoms with Gasteiger partial charge in [0.1, 0.15) is 11.3 Å². The Morgan fingerprint density at radius 1 is 1.40 bits per heavy atom. The Morgan fingerprint density at radius 2 is 2.24 bits per heavy atom. The summed E-state index contributed by atoms with van der Waals surface area (Å²) in [7, 11) is -2.90. The van der Waals surface area contributed by atoms with Crippen LogP contribution in [-0.2, 0) is 16.4 Å². The number of benzene rings is 1. The molecule has 2 aromatic heterocycles. The molecule has 1 aliphatic rings. The SMILES string of the molecule is C[C@@H](NCc1cnn([C@@H]2CCS(=O)(=O)C2)c1)c1cc2ccccc2o1. The highest BCUT2D eigenvalue weighted by Crippen LogP contribution is 2.25. The van der Waals surface area contributed by atoms with Crippen LogP contribution in [-0.4, -0.2) is 29.7 Å². The van der Waals surface area contributed by atoms with Crippen molar-refractivity contribution in [2.75, 3.05) is 11.5 Å². The first-order valence-corrected chi connectivity index (χ1v) is 10.3. The summed E-state index contributed by atoms with van der Waals surface area (Å²) in [6, 6.07) is 10.1. The quantitative estimate of drug-likeness (QED) is 0.758. The first kappa shape index (κ1) is 16.4. The van der Waals surface area contributed by atoms with Gasteiger partial charge in [-0.25, -0.2) is 8.42 Å². The molecule has 7 heteroatoms. The maximum Gasteiger partial charge on any atom is 0.152 e. The first-order chi connectivity index (χ1) is 12.0. The molecular weight excluding hydrogens is 338 g/mol. The van der Waals surface area contributed by atoms with E-state index in [1.807, 2.05) is 30.5 Å². The van der Waals surface area contributed by atoms with Gasteiger partial charge < -0.3 is 9.73 Å². The third kappa shape index (κ3) is 3.48. The number of hydrogen-bond acceptors (Lipinski definition) is 5. The zero-order chi connectivity index (χ0) is 17.4. The predicted molar refractivity (Wildman–Crippen MR) is 96.0 cm³/mol. The van der Waals surface area contributed by atoms with Crippen molar-refractivity contribution >= 4 is 20.8 Å². The largest absolute Gasteiger partial charge is 0.459 e. The maximum absolute atomic E-state index is 11.6. The van der Waals surface area contributed by atoms with Crippen molar-refractivity contribution in [1.82, 2.24) is 15.1 Å². The number of rotatable bonds is 5. The molecule has 0 amide bonds. The normalized spacial score (nSPS) is 20.9. The van der Waals surface area contributed by atoms with Gasteiger partial charge in [0, 0.05) is 23.7 Å². The summed E-state index contributed by atoms with van der Waals surface area (Å²) >= 11 is 0. The molecule has 0 radical (unpaired) electrons. The van der Waals surface area contributed by atoms with Crippen molar-refractivity contribution in [2.45, 2.75) is 32.0 Å². The Morgan fingerprint density at radius 3 is 3.00 bits per heavy atom. The molecule has 132 valence electrons. The molecule has 0 saturated carbocycles. The van der Waals surface area contributed by atoms with Gasteiger partial charge in [-0.3, -0.25) is 4.68 Å². The van der Waals surface area contributed by atoms with E-state index < -0.39 is 9.84 Å². The average Bonchev–Trinajstić information content (AvgIpc) is 3.29. The second-order valence-corrected chi connectivity index (χ2v) is 8.90. The molecule has 3 heterocycles. The van der Waals surface area contributed by atoms with Crippen molar-refractivity contribution in [1.29, 1.82) is 0 Å². The lowest BCUT2D eigenvalue weighted by molar-refractivity contribution is 0.450. The van der Waals surface area contributed by atoms with Crippen LogP contribution in [0.15, 0.2) is 47.1 Å². The maximum atomic E-state index is 11.6. The highest BCUT2D eigenvalue weighted by molar-refractivity contribution is 7.91. The summed E-state index contributed by atoms with van der Waals surface area (Å²) < 4.78 is 30.9. The highest BCUT2D eigenvalue weighted by atomic mass is 32.2. The van der Waals surface area contributed by atoms with Crippen molar-refractivity contribution in [3.63, 3.8) is 0 Å². The molecule has 1 saturated heterocycles. The van der Waals surface area contributed by atoms with E-state index in [1.165, 1.54) is 0 Å². The summed E-state index contributed by atoms with van der Waals surface area (Å²) in [5.41, 5.74) is 1.92. The van der Waals surface area contributed by atoms with Crippen LogP contribution >= 0.6 is 0 Å². The second kappa shape index (κ2) is 6.31. The van der Waals surface area contributed by atoms with E-state index in [0.717, 1.165) is 22.3 Å². The van der Waals surface area contributed by atoms with Gasteiger partial charge in [-0.2, -0.15) is 5.10 Å². The van der Waals surface area contributed by atoms with Crippen LogP contribution in [0.4, 0.5) is 0 Å². The second-order valence-electron chi connectivity index (χ2n) is 6.67. The molecule has 1 aliphatic heterocycles. The third-order valence-corrected chi connectivity index (χ3v) is 6.47. The minimum atomic E-state index is -2.90. The highest BCUT2D eigenvalue weighted by Gasteiger charge is 2.29. The molecule has 0 spiro atoms. The minimum Gasteiger partial charge on any atom is -0.459 e. The molecule has 0 bridgehead atoms. The van der Waals surface area contributed by atoms with Crippen molar-refractivity contribution in [3.8, 4) is 0 Å². The van der Waals surface area contributed by atoms with Crippen LogP contribution in [0.1, 0.15) is 36.8 Å². The van der Waals surface area contributed by atoms with E-state index in [0.29, 0.717) is 13.0 Å². The molecule has 0 aliphatic carbocycles. The number of fused-ring (bicyclic) bond motifs is 1. The van der Waals surface area contributed by atoms with Gasteiger partial charge in [-0.15, -0.1) is 0 Å². The topological polar surface area (TPSA) is 77.1 Å². The van der Waals surface area contributed by atoms with Gasteiger partial charge in [0.15, 0.2) is 9.84 Å². The Hall–Kier alpha value is -2.12. The number of nitrogens with zero attached hydrogens (tertiary/aromatic N) is 2. The fourth-order valence-corrected chi connectivity index (χ4v) is 4.94. The summed E-state index contributed by atoms with van der Waals surface area (Å²) in [6.07, 6.45) is 4.37. The van der Waals surface area contributed by atoms with E-state index in [-0.39, 0.29) is 23.6 Å². The smallest absolute Gasteiger partial charge is 0.152 e. The van der Waals surface area contributed by atoms with Gasteiger partial charge in [0.05, 0.1) is 29.8 Å². The Bertz CT molecular complexity index is 957. The van der Waals surface area contributed by atoms with Crippen molar-refractivity contribution in [3.05, 3.63) is 54.0 Å². The molecule has 1 aromatic carbocycles. The van der Waals surface area contributed by atoms with Crippen LogP contribution in [0.25, 0.3) is 11.0 Å². The summed E-state index contributed by atoms with van der Waals surface area (Å²) in [5, 5.41) is 8.87. The monoisotopic (exact) mass is 359 g/mol. The zero-order valence-electron chi connectivity index (χ0n) is 14.1. The summed E-state index contributed by atoms with van der Waals surface area (Å²) in [5.74, 6) is 1.35. The molecule has 6 nitrogen and oxygen atoms in total. The summed E-state index contributed by atoms with van der Waals surface area (Å²) in [4.78, 5) is 0. The van der Waals surface area contributed by atoms with Crippen LogP contribution in [0.3, 0.4) is 0 Å². The van der Waals surface area contributed by atoms with E-state index in [4.69, 9.17) is 4.42 Å². The lowest BCUT2D eigenvalue weighted by Gasteiger charge is -2.10. The predicted octanol–water partition coefficient (Wildman–Crippen LogP) is 2.84. The number of aromatic nitrogens is 2. The number of nitrogens with one attached hydrogen (secondary N) is 1. The van der Waals surface area contributed by atoms with Crippen molar-refractivity contribution in [2.24, 2.45) is 0 Å². The molecule has 2 atom stereocenters. The first-order valence-electron chi connectivity index (χ1n) is 8.45. The van der Waals surface area contributed by atoms with E-state index >= 15 is 0 Å². The van der Waals surface area contributed by atoms with E-state index in [2.05, 4.69) is 23.4 Å². The van der Waals surface area contributed by atoms with Gasteiger partial charge in [0.2, 0.25) is 0 Å². The lowest BCUT2D eigenvalue weighted by atomic mass is 10.2. The number of furan rings is 1. The van der Waals surface area contributed by atoms with Gasteiger partial charge >= 0.3 is 0 Å². The Kier molecular flexibility index (Phi) is 4.13. The minimum absolute atomic E-state index is 0.0356. The number of sulfone groups is 1.